The number of halogens is 1. The lowest BCUT2D eigenvalue weighted by Crippen LogP contribution is -2.37. The van der Waals surface area contributed by atoms with Crippen LogP contribution < -0.4 is 10.9 Å². The number of carbonyl (C=O) groups is 1. The molecular weight excluding hydrogens is 244 g/mol. The van der Waals surface area contributed by atoms with Crippen LogP contribution in [0.1, 0.15) is 24.2 Å². The maximum Gasteiger partial charge on any atom is 0.327 e. The lowest BCUT2D eigenvalue weighted by molar-refractivity contribution is -0.146. The Labute approximate surface area is 105 Å². The van der Waals surface area contributed by atoms with Crippen LogP contribution in [0, 0.1) is 0 Å². The Morgan fingerprint density at radius 1 is 1.53 bits per heavy atom. The number of aromatic nitrogens is 1. The number of pyridine rings is 1. The van der Waals surface area contributed by atoms with Crippen molar-refractivity contribution in [3.8, 4) is 0 Å². The molecule has 0 spiro atoms. The lowest BCUT2D eigenvalue weighted by Gasteiger charge is -2.24. The number of rotatable bonds is 2. The first-order valence-corrected chi connectivity index (χ1v) is 5.34. The zero-order valence-corrected chi connectivity index (χ0v) is 10.3. The van der Waals surface area contributed by atoms with E-state index >= 15 is 0 Å². The van der Waals surface area contributed by atoms with Crippen LogP contribution in [-0.4, -0.2) is 24.1 Å². The Morgan fingerprint density at radius 2 is 2.29 bits per heavy atom. The van der Waals surface area contributed by atoms with Crippen molar-refractivity contribution >= 4 is 18.4 Å². The second kappa shape index (κ2) is 5.84. The van der Waals surface area contributed by atoms with Crippen LogP contribution in [-0.2, 0) is 16.0 Å². The van der Waals surface area contributed by atoms with Crippen LogP contribution in [0.4, 0.5) is 0 Å². The van der Waals surface area contributed by atoms with E-state index in [1.807, 2.05) is 0 Å². The molecule has 1 aliphatic heterocycles. The fraction of sp³-hybridized carbons (Fsp3) is 0.455. The Bertz CT molecular complexity index is 458. The van der Waals surface area contributed by atoms with E-state index in [-0.39, 0.29) is 23.9 Å². The molecule has 2 heterocycles. The minimum Gasteiger partial charge on any atom is -0.465 e. The van der Waals surface area contributed by atoms with Crippen LogP contribution in [0.25, 0.3) is 0 Å². The predicted octanol–water partition coefficient (Wildman–Crippen LogP) is 0.547. The van der Waals surface area contributed by atoms with Gasteiger partial charge in [-0.3, -0.25) is 4.79 Å². The van der Waals surface area contributed by atoms with E-state index in [2.05, 4.69) is 10.3 Å². The quantitative estimate of drug-likeness (QED) is 0.760. The first kappa shape index (κ1) is 13.7. The van der Waals surface area contributed by atoms with E-state index < -0.39 is 6.04 Å². The van der Waals surface area contributed by atoms with E-state index in [1.165, 1.54) is 6.07 Å². The van der Waals surface area contributed by atoms with Gasteiger partial charge in [-0.25, -0.2) is 4.79 Å². The summed E-state index contributed by atoms with van der Waals surface area (Å²) < 4.78 is 4.97. The number of H-pyrrole nitrogens is 1. The Morgan fingerprint density at radius 3 is 3.00 bits per heavy atom. The number of hydrogen-bond donors (Lipinski definition) is 2. The number of aromatic amines is 1. The summed E-state index contributed by atoms with van der Waals surface area (Å²) in [6.07, 6.45) is 0.724. The van der Waals surface area contributed by atoms with Gasteiger partial charge in [0.2, 0.25) is 5.56 Å². The van der Waals surface area contributed by atoms with Gasteiger partial charge in [-0.15, -0.1) is 12.4 Å². The number of fused-ring (bicyclic) bond motifs is 1. The molecule has 1 aromatic rings. The molecule has 17 heavy (non-hydrogen) atoms. The highest BCUT2D eigenvalue weighted by atomic mass is 35.5. The summed E-state index contributed by atoms with van der Waals surface area (Å²) in [5.74, 6) is -0.296. The van der Waals surface area contributed by atoms with Gasteiger partial charge in [0.05, 0.1) is 6.61 Å². The van der Waals surface area contributed by atoms with Gasteiger partial charge in [0.1, 0.15) is 6.04 Å². The molecule has 5 nitrogen and oxygen atoms in total. The summed E-state index contributed by atoms with van der Waals surface area (Å²) in [6, 6.07) is 2.65. The maximum atomic E-state index is 11.7. The molecule has 2 rings (SSSR count). The van der Waals surface area contributed by atoms with E-state index in [9.17, 15) is 9.59 Å². The molecule has 0 bridgehead atoms. The van der Waals surface area contributed by atoms with Crippen molar-refractivity contribution in [1.82, 2.24) is 10.3 Å². The zero-order valence-electron chi connectivity index (χ0n) is 9.49. The largest absolute Gasteiger partial charge is 0.465 e. The van der Waals surface area contributed by atoms with Crippen molar-refractivity contribution < 1.29 is 9.53 Å². The van der Waals surface area contributed by atoms with Crippen LogP contribution in [0.5, 0.6) is 0 Å². The second-order valence-electron chi connectivity index (χ2n) is 3.65. The molecule has 0 aliphatic carbocycles. The molecule has 0 fully saturated rings. The summed E-state index contributed by atoms with van der Waals surface area (Å²) >= 11 is 0. The Kier molecular flexibility index (Phi) is 4.72. The van der Waals surface area contributed by atoms with E-state index in [0.29, 0.717) is 13.2 Å². The number of nitrogens with one attached hydrogen (secondary N) is 2. The van der Waals surface area contributed by atoms with Crippen molar-refractivity contribution in [3.05, 3.63) is 33.7 Å². The van der Waals surface area contributed by atoms with Gasteiger partial charge >= 0.3 is 5.97 Å². The van der Waals surface area contributed by atoms with Crippen molar-refractivity contribution in [2.24, 2.45) is 0 Å². The Balaban J connectivity index is 0.00000144. The molecule has 2 N–H and O–H groups in total. The molecular formula is C11H15ClN2O3. The fourth-order valence-corrected chi connectivity index (χ4v) is 1.89. The average Bonchev–Trinajstić information content (AvgIpc) is 2.28. The van der Waals surface area contributed by atoms with Crippen molar-refractivity contribution in [2.75, 3.05) is 13.2 Å². The Hall–Kier alpha value is -1.33. The van der Waals surface area contributed by atoms with Crippen molar-refractivity contribution in [2.45, 2.75) is 19.4 Å². The molecule has 0 amide bonds. The van der Waals surface area contributed by atoms with Gasteiger partial charge in [0.25, 0.3) is 0 Å². The molecule has 94 valence electrons. The highest BCUT2D eigenvalue weighted by molar-refractivity contribution is 5.85. The zero-order chi connectivity index (χ0) is 11.5. The molecule has 6 heteroatoms. The third-order valence-corrected chi connectivity index (χ3v) is 2.59. The highest BCUT2D eigenvalue weighted by Crippen LogP contribution is 2.20. The number of ether oxygens (including phenoxy) is 1. The molecule has 0 saturated carbocycles. The normalized spacial score (nSPS) is 17.8. The molecule has 0 radical (unpaired) electrons. The topological polar surface area (TPSA) is 71.2 Å². The lowest BCUT2D eigenvalue weighted by atomic mass is 9.99. The standard InChI is InChI=1S/C11H14N2O3.ClH/c1-2-16-11(15)10-7-3-4-9(14)13-8(7)5-6-12-10;/h3-4,10,12H,2,5-6H2,1H3,(H,13,14);1H. The molecule has 0 aromatic carbocycles. The van der Waals surface area contributed by atoms with E-state index in [1.54, 1.807) is 13.0 Å². The van der Waals surface area contributed by atoms with Gasteiger partial charge in [0, 0.05) is 24.7 Å². The predicted molar refractivity (Wildman–Crippen MR) is 65.4 cm³/mol. The third-order valence-electron chi connectivity index (χ3n) is 2.59. The highest BCUT2D eigenvalue weighted by Gasteiger charge is 2.27. The first-order chi connectivity index (χ1) is 7.72. The van der Waals surface area contributed by atoms with Crippen molar-refractivity contribution in [3.63, 3.8) is 0 Å². The summed E-state index contributed by atoms with van der Waals surface area (Å²) in [7, 11) is 0. The smallest absolute Gasteiger partial charge is 0.327 e. The monoisotopic (exact) mass is 258 g/mol. The number of esters is 1. The summed E-state index contributed by atoms with van der Waals surface area (Å²) in [6.45, 7) is 2.79. The number of carbonyl (C=O) groups excluding carboxylic acids is 1. The summed E-state index contributed by atoms with van der Waals surface area (Å²) in [4.78, 5) is 25.6. The third kappa shape index (κ3) is 2.87. The minimum absolute atomic E-state index is 0. The average molecular weight is 259 g/mol. The van der Waals surface area contributed by atoms with E-state index in [4.69, 9.17) is 4.74 Å². The number of hydrogen-bond acceptors (Lipinski definition) is 4. The molecule has 1 atom stereocenters. The molecule has 0 saturated heterocycles. The van der Waals surface area contributed by atoms with Crippen LogP contribution in [0.3, 0.4) is 0 Å². The maximum absolute atomic E-state index is 11.7. The SMILES string of the molecule is CCOC(=O)C1NCCc2[nH]c(=O)ccc21.Cl. The fourth-order valence-electron chi connectivity index (χ4n) is 1.89. The van der Waals surface area contributed by atoms with Gasteiger partial charge < -0.3 is 15.0 Å². The van der Waals surface area contributed by atoms with Gasteiger partial charge in [-0.1, -0.05) is 0 Å². The van der Waals surface area contributed by atoms with Gasteiger partial charge in [-0.05, 0) is 18.6 Å². The van der Waals surface area contributed by atoms with Crippen LogP contribution >= 0.6 is 12.4 Å². The van der Waals surface area contributed by atoms with Gasteiger partial charge in [0.15, 0.2) is 0 Å². The van der Waals surface area contributed by atoms with Crippen LogP contribution in [0.15, 0.2) is 16.9 Å². The second-order valence-corrected chi connectivity index (χ2v) is 3.65. The van der Waals surface area contributed by atoms with E-state index in [0.717, 1.165) is 17.7 Å². The molecule has 1 aliphatic rings. The van der Waals surface area contributed by atoms with Crippen molar-refractivity contribution in [1.29, 1.82) is 0 Å². The summed E-state index contributed by atoms with van der Waals surface area (Å²) in [5, 5.41) is 3.08. The minimum atomic E-state index is -0.458. The van der Waals surface area contributed by atoms with Crippen LogP contribution in [0.2, 0.25) is 0 Å². The summed E-state index contributed by atoms with van der Waals surface area (Å²) in [5.41, 5.74) is 1.50. The van der Waals surface area contributed by atoms with Gasteiger partial charge in [-0.2, -0.15) is 0 Å². The molecule has 1 unspecified atom stereocenters. The molecule has 1 aromatic heterocycles. The first-order valence-electron chi connectivity index (χ1n) is 5.34.